The highest BCUT2D eigenvalue weighted by atomic mass is 16.3. The minimum absolute atomic E-state index is 0.199. The fourth-order valence-electron chi connectivity index (χ4n) is 2.04. The number of nitrogens with zero attached hydrogens (tertiary/aromatic N) is 2. The van der Waals surface area contributed by atoms with Crippen LogP contribution in [0.3, 0.4) is 0 Å². The Hall–Kier alpha value is -1.12. The SMILES string of the molecule is Cc1nc(C2CCCCC2)ncc1O. The van der Waals surface area contributed by atoms with Gasteiger partial charge in [-0.2, -0.15) is 0 Å². The normalized spacial score (nSPS) is 18.4. The minimum Gasteiger partial charge on any atom is -0.504 e. The minimum atomic E-state index is 0.199. The smallest absolute Gasteiger partial charge is 0.155 e. The summed E-state index contributed by atoms with van der Waals surface area (Å²) in [7, 11) is 0. The molecule has 3 heteroatoms. The molecule has 0 unspecified atom stereocenters. The summed E-state index contributed by atoms with van der Waals surface area (Å²) in [5, 5.41) is 9.32. The molecule has 14 heavy (non-hydrogen) atoms. The first-order valence-corrected chi connectivity index (χ1v) is 5.30. The molecule has 3 nitrogen and oxygen atoms in total. The van der Waals surface area contributed by atoms with Crippen LogP contribution in [0.5, 0.6) is 5.75 Å². The van der Waals surface area contributed by atoms with Crippen LogP contribution in [0.25, 0.3) is 0 Å². The zero-order valence-electron chi connectivity index (χ0n) is 8.53. The molecule has 0 saturated heterocycles. The van der Waals surface area contributed by atoms with Crippen LogP contribution in [0, 0.1) is 6.92 Å². The molecule has 0 aromatic carbocycles. The first-order chi connectivity index (χ1) is 6.77. The second kappa shape index (κ2) is 3.95. The van der Waals surface area contributed by atoms with E-state index in [0.717, 1.165) is 5.82 Å². The van der Waals surface area contributed by atoms with E-state index in [0.29, 0.717) is 11.6 Å². The Labute approximate surface area is 84.2 Å². The Balaban J connectivity index is 2.18. The molecule has 1 saturated carbocycles. The second-order valence-electron chi connectivity index (χ2n) is 4.03. The predicted octanol–water partition coefficient (Wildman–Crippen LogP) is 2.54. The van der Waals surface area contributed by atoms with Crippen LogP contribution in [0.1, 0.15) is 49.5 Å². The highest BCUT2D eigenvalue weighted by molar-refractivity contribution is 5.21. The number of hydrogen-bond donors (Lipinski definition) is 1. The number of aryl methyl sites for hydroxylation is 1. The van der Waals surface area contributed by atoms with E-state index >= 15 is 0 Å². The molecule has 1 aliphatic carbocycles. The van der Waals surface area contributed by atoms with Gasteiger partial charge in [-0.15, -0.1) is 0 Å². The van der Waals surface area contributed by atoms with Crippen molar-refractivity contribution < 1.29 is 5.11 Å². The monoisotopic (exact) mass is 192 g/mol. The second-order valence-corrected chi connectivity index (χ2v) is 4.03. The van der Waals surface area contributed by atoms with Gasteiger partial charge in [-0.25, -0.2) is 9.97 Å². The average molecular weight is 192 g/mol. The van der Waals surface area contributed by atoms with E-state index in [1.165, 1.54) is 38.3 Å². The lowest BCUT2D eigenvalue weighted by Gasteiger charge is -2.20. The molecule has 1 aromatic heterocycles. The summed E-state index contributed by atoms with van der Waals surface area (Å²) >= 11 is 0. The van der Waals surface area contributed by atoms with E-state index in [-0.39, 0.29) is 5.75 Å². The average Bonchev–Trinajstić information content (AvgIpc) is 2.23. The van der Waals surface area contributed by atoms with Gasteiger partial charge in [0.2, 0.25) is 0 Å². The van der Waals surface area contributed by atoms with Crippen LogP contribution in [-0.4, -0.2) is 15.1 Å². The molecule has 1 aliphatic rings. The highest BCUT2D eigenvalue weighted by Gasteiger charge is 2.18. The van der Waals surface area contributed by atoms with Crippen LogP contribution in [-0.2, 0) is 0 Å². The first-order valence-electron chi connectivity index (χ1n) is 5.30. The lowest BCUT2D eigenvalue weighted by Crippen LogP contribution is -2.09. The van der Waals surface area contributed by atoms with Crippen molar-refractivity contribution in [2.75, 3.05) is 0 Å². The lowest BCUT2D eigenvalue weighted by atomic mass is 9.88. The molecule has 0 atom stereocenters. The molecule has 2 rings (SSSR count). The number of aromatic nitrogens is 2. The molecule has 1 fully saturated rings. The van der Waals surface area contributed by atoms with Crippen molar-refractivity contribution in [3.05, 3.63) is 17.7 Å². The van der Waals surface area contributed by atoms with Crippen molar-refractivity contribution in [1.82, 2.24) is 9.97 Å². The van der Waals surface area contributed by atoms with E-state index < -0.39 is 0 Å². The van der Waals surface area contributed by atoms with Crippen molar-refractivity contribution in [1.29, 1.82) is 0 Å². The Kier molecular flexibility index (Phi) is 2.66. The summed E-state index contributed by atoms with van der Waals surface area (Å²) in [6.07, 6.45) is 7.83. The van der Waals surface area contributed by atoms with Crippen LogP contribution < -0.4 is 0 Å². The zero-order valence-corrected chi connectivity index (χ0v) is 8.53. The topological polar surface area (TPSA) is 46.0 Å². The van der Waals surface area contributed by atoms with Gasteiger partial charge in [-0.05, 0) is 19.8 Å². The third kappa shape index (κ3) is 1.86. The van der Waals surface area contributed by atoms with Crippen molar-refractivity contribution in [3.8, 4) is 5.75 Å². The summed E-state index contributed by atoms with van der Waals surface area (Å²) in [4.78, 5) is 8.54. The summed E-state index contributed by atoms with van der Waals surface area (Å²) in [5.74, 6) is 1.63. The molecule has 0 bridgehead atoms. The largest absolute Gasteiger partial charge is 0.504 e. The summed E-state index contributed by atoms with van der Waals surface area (Å²) in [6, 6.07) is 0. The number of hydrogen-bond acceptors (Lipinski definition) is 3. The van der Waals surface area contributed by atoms with Gasteiger partial charge in [0.1, 0.15) is 5.82 Å². The molecule has 0 aliphatic heterocycles. The molecule has 0 radical (unpaired) electrons. The maximum Gasteiger partial charge on any atom is 0.155 e. The van der Waals surface area contributed by atoms with Crippen LogP contribution in [0.4, 0.5) is 0 Å². The Bertz CT molecular complexity index is 319. The van der Waals surface area contributed by atoms with E-state index in [9.17, 15) is 5.11 Å². The Morgan fingerprint density at radius 1 is 1.29 bits per heavy atom. The van der Waals surface area contributed by atoms with Gasteiger partial charge < -0.3 is 5.11 Å². The predicted molar refractivity (Wildman–Crippen MR) is 54.3 cm³/mol. The van der Waals surface area contributed by atoms with Gasteiger partial charge >= 0.3 is 0 Å². The molecule has 1 aromatic rings. The van der Waals surface area contributed by atoms with Gasteiger partial charge in [-0.1, -0.05) is 19.3 Å². The molecule has 1 heterocycles. The lowest BCUT2D eigenvalue weighted by molar-refractivity contribution is 0.421. The van der Waals surface area contributed by atoms with Gasteiger partial charge in [0.15, 0.2) is 5.75 Å². The van der Waals surface area contributed by atoms with Gasteiger partial charge in [0.05, 0.1) is 11.9 Å². The third-order valence-corrected chi connectivity index (χ3v) is 2.94. The molecule has 76 valence electrons. The van der Waals surface area contributed by atoms with Crippen molar-refractivity contribution in [2.45, 2.75) is 44.9 Å². The summed E-state index contributed by atoms with van der Waals surface area (Å²) in [6.45, 7) is 1.82. The Morgan fingerprint density at radius 3 is 2.64 bits per heavy atom. The fourth-order valence-corrected chi connectivity index (χ4v) is 2.04. The first kappa shape index (κ1) is 9.44. The maximum atomic E-state index is 9.32. The van der Waals surface area contributed by atoms with E-state index in [1.807, 2.05) is 6.92 Å². The van der Waals surface area contributed by atoms with Crippen molar-refractivity contribution in [2.24, 2.45) is 0 Å². The van der Waals surface area contributed by atoms with Crippen LogP contribution >= 0.6 is 0 Å². The molecule has 0 amide bonds. The zero-order chi connectivity index (χ0) is 9.97. The number of rotatable bonds is 1. The van der Waals surface area contributed by atoms with Gasteiger partial charge in [0.25, 0.3) is 0 Å². The molecular formula is C11H16N2O. The number of aromatic hydroxyl groups is 1. The van der Waals surface area contributed by atoms with Gasteiger partial charge in [-0.3, -0.25) is 0 Å². The van der Waals surface area contributed by atoms with E-state index in [1.54, 1.807) is 0 Å². The van der Waals surface area contributed by atoms with Crippen LogP contribution in [0.15, 0.2) is 6.20 Å². The van der Waals surface area contributed by atoms with Crippen molar-refractivity contribution >= 4 is 0 Å². The standard InChI is InChI=1S/C11H16N2O/c1-8-10(14)7-12-11(13-8)9-5-3-2-4-6-9/h7,9,14H,2-6H2,1H3. The summed E-state index contributed by atoms with van der Waals surface area (Å²) in [5.41, 5.74) is 0.695. The van der Waals surface area contributed by atoms with Crippen LogP contribution in [0.2, 0.25) is 0 Å². The van der Waals surface area contributed by atoms with Crippen molar-refractivity contribution in [3.63, 3.8) is 0 Å². The highest BCUT2D eigenvalue weighted by Crippen LogP contribution is 2.31. The molecular weight excluding hydrogens is 176 g/mol. The maximum absolute atomic E-state index is 9.32. The Morgan fingerprint density at radius 2 is 2.00 bits per heavy atom. The molecule has 0 spiro atoms. The third-order valence-electron chi connectivity index (χ3n) is 2.94. The summed E-state index contributed by atoms with van der Waals surface area (Å²) < 4.78 is 0. The van der Waals surface area contributed by atoms with Gasteiger partial charge in [0, 0.05) is 5.92 Å². The quantitative estimate of drug-likeness (QED) is 0.743. The van der Waals surface area contributed by atoms with E-state index in [2.05, 4.69) is 9.97 Å². The van der Waals surface area contributed by atoms with E-state index in [4.69, 9.17) is 0 Å². The fraction of sp³-hybridized carbons (Fsp3) is 0.636. The molecule has 1 N–H and O–H groups in total.